The number of ether oxygens (including phenoxy) is 1. The molecule has 3 aliphatic carbocycles. The van der Waals surface area contributed by atoms with Crippen LogP contribution in [0.15, 0.2) is 35.5 Å². The standard InChI is InChI=1S/C20H24F2O2/c1-19-7-4-3-5-14(19)12(9-21)13(10-22)17-15(19)6-8-20(2)16(17)11-24-18(20)23/h5,9-10,15-17H,3-4,6-8,11H2,1-2H3/t15-,16+,17-,19+,20+/m1/s1. The average Bonchev–Trinajstić information content (AvgIpc) is 2.88. The van der Waals surface area contributed by atoms with E-state index in [1.54, 1.807) is 0 Å². The molecule has 0 N–H and O–H groups in total. The number of hydrogen-bond donors (Lipinski definition) is 0. The Hall–Kier alpha value is -1.45. The molecule has 4 rings (SSSR count). The first-order chi connectivity index (χ1) is 11.5. The fourth-order valence-corrected chi connectivity index (χ4v) is 5.99. The molecule has 0 amide bonds. The molecule has 3 fully saturated rings. The van der Waals surface area contributed by atoms with E-state index in [4.69, 9.17) is 4.74 Å². The highest BCUT2D eigenvalue weighted by Crippen LogP contribution is 2.65. The molecule has 130 valence electrons. The van der Waals surface area contributed by atoms with E-state index in [1.807, 2.05) is 6.92 Å². The molecule has 2 nitrogen and oxygen atoms in total. The monoisotopic (exact) mass is 334 g/mol. The number of allylic oxidation sites excluding steroid dienone is 4. The number of rotatable bonds is 0. The Morgan fingerprint density at radius 3 is 2.67 bits per heavy atom. The summed E-state index contributed by atoms with van der Waals surface area (Å²) < 4.78 is 33.1. The molecule has 1 aliphatic heterocycles. The van der Waals surface area contributed by atoms with Crippen LogP contribution in [0.3, 0.4) is 0 Å². The molecule has 5 atom stereocenters. The van der Waals surface area contributed by atoms with Gasteiger partial charge in [0.25, 0.3) is 0 Å². The van der Waals surface area contributed by atoms with Crippen LogP contribution in [0, 0.1) is 28.6 Å². The minimum absolute atomic E-state index is 0.0685. The smallest absolute Gasteiger partial charge is 0.312 e. The van der Waals surface area contributed by atoms with Crippen molar-refractivity contribution in [2.24, 2.45) is 28.6 Å². The van der Waals surface area contributed by atoms with Crippen LogP contribution in [0.4, 0.5) is 8.78 Å². The second kappa shape index (κ2) is 5.27. The zero-order valence-electron chi connectivity index (χ0n) is 14.3. The third kappa shape index (κ3) is 1.83. The van der Waals surface area contributed by atoms with Crippen molar-refractivity contribution < 1.29 is 18.3 Å². The normalized spacial score (nSPS) is 47.8. The molecule has 1 saturated heterocycles. The van der Waals surface area contributed by atoms with Crippen LogP contribution in [-0.4, -0.2) is 12.6 Å². The second-order valence-corrected chi connectivity index (χ2v) is 8.31. The lowest BCUT2D eigenvalue weighted by Crippen LogP contribution is -2.52. The van der Waals surface area contributed by atoms with Crippen LogP contribution in [0.2, 0.25) is 0 Å². The van der Waals surface area contributed by atoms with Gasteiger partial charge in [0.15, 0.2) is 0 Å². The lowest BCUT2D eigenvalue weighted by Gasteiger charge is -2.57. The highest BCUT2D eigenvalue weighted by molar-refractivity contribution is 5.79. The number of esters is 1. The number of carbonyl (C=O) groups is 1. The first kappa shape index (κ1) is 16.0. The lowest BCUT2D eigenvalue weighted by molar-refractivity contribution is -0.147. The zero-order valence-corrected chi connectivity index (χ0v) is 14.3. The lowest BCUT2D eigenvalue weighted by atomic mass is 9.45. The summed E-state index contributed by atoms with van der Waals surface area (Å²) in [5, 5.41) is 0. The van der Waals surface area contributed by atoms with E-state index in [0.717, 1.165) is 37.7 Å². The van der Waals surface area contributed by atoms with Gasteiger partial charge >= 0.3 is 5.97 Å². The molecule has 1 heterocycles. The summed E-state index contributed by atoms with van der Waals surface area (Å²) >= 11 is 0. The van der Waals surface area contributed by atoms with E-state index in [2.05, 4.69) is 13.0 Å². The molecule has 0 unspecified atom stereocenters. The van der Waals surface area contributed by atoms with Gasteiger partial charge in [-0.05, 0) is 67.4 Å². The maximum Gasteiger partial charge on any atom is 0.312 e. The van der Waals surface area contributed by atoms with Gasteiger partial charge < -0.3 is 4.74 Å². The van der Waals surface area contributed by atoms with Gasteiger partial charge in [-0.3, -0.25) is 4.79 Å². The summed E-state index contributed by atoms with van der Waals surface area (Å²) in [5.74, 6) is -0.157. The van der Waals surface area contributed by atoms with Crippen molar-refractivity contribution in [2.45, 2.75) is 46.0 Å². The van der Waals surface area contributed by atoms with Gasteiger partial charge in [-0.1, -0.05) is 13.0 Å². The van der Waals surface area contributed by atoms with Crippen LogP contribution < -0.4 is 0 Å². The molecule has 2 saturated carbocycles. The van der Waals surface area contributed by atoms with Crippen LogP contribution >= 0.6 is 0 Å². The highest BCUT2D eigenvalue weighted by atomic mass is 19.1. The molecule has 4 heteroatoms. The van der Waals surface area contributed by atoms with Gasteiger partial charge in [0.1, 0.15) is 0 Å². The van der Waals surface area contributed by atoms with Crippen molar-refractivity contribution in [3.05, 3.63) is 35.5 Å². The predicted octanol–water partition coefficient (Wildman–Crippen LogP) is 5.03. The summed E-state index contributed by atoms with van der Waals surface area (Å²) in [6.45, 7) is 4.46. The van der Waals surface area contributed by atoms with Crippen molar-refractivity contribution in [1.82, 2.24) is 0 Å². The Morgan fingerprint density at radius 1 is 1.17 bits per heavy atom. The van der Waals surface area contributed by atoms with Crippen LogP contribution in [0.1, 0.15) is 46.0 Å². The summed E-state index contributed by atoms with van der Waals surface area (Å²) in [6.07, 6.45) is 7.87. The Bertz CT molecular complexity index is 677. The summed E-state index contributed by atoms with van der Waals surface area (Å²) in [4.78, 5) is 12.3. The molecule has 0 radical (unpaired) electrons. The molecule has 0 aromatic carbocycles. The molecule has 0 spiro atoms. The summed E-state index contributed by atoms with van der Waals surface area (Å²) in [7, 11) is 0. The van der Waals surface area contributed by atoms with E-state index < -0.39 is 5.41 Å². The van der Waals surface area contributed by atoms with Gasteiger partial charge in [-0.25, -0.2) is 8.78 Å². The van der Waals surface area contributed by atoms with Gasteiger partial charge in [0, 0.05) is 11.5 Å². The van der Waals surface area contributed by atoms with Crippen molar-refractivity contribution in [2.75, 3.05) is 6.61 Å². The minimum atomic E-state index is -0.566. The first-order valence-electron chi connectivity index (χ1n) is 8.96. The topological polar surface area (TPSA) is 26.3 Å². The quantitative estimate of drug-likeness (QED) is 0.581. The largest absolute Gasteiger partial charge is 0.465 e. The first-order valence-corrected chi connectivity index (χ1v) is 8.96. The second-order valence-electron chi connectivity index (χ2n) is 8.31. The third-order valence-electron chi connectivity index (χ3n) is 7.39. The van der Waals surface area contributed by atoms with E-state index in [-0.39, 0.29) is 29.1 Å². The van der Waals surface area contributed by atoms with Gasteiger partial charge in [-0.15, -0.1) is 0 Å². The van der Waals surface area contributed by atoms with Gasteiger partial charge in [-0.2, -0.15) is 0 Å². The molecule has 24 heavy (non-hydrogen) atoms. The molecular formula is C20H24F2O2. The molecule has 0 aromatic heterocycles. The number of halogens is 2. The Morgan fingerprint density at radius 2 is 1.96 bits per heavy atom. The van der Waals surface area contributed by atoms with Crippen LogP contribution in [-0.2, 0) is 9.53 Å². The van der Waals surface area contributed by atoms with Gasteiger partial charge in [0.2, 0.25) is 0 Å². The molecule has 0 bridgehead atoms. The number of fused-ring (bicyclic) bond motifs is 5. The van der Waals surface area contributed by atoms with Crippen molar-refractivity contribution >= 4 is 5.97 Å². The number of carbonyl (C=O) groups excluding carboxylic acids is 1. The van der Waals surface area contributed by atoms with Gasteiger partial charge in [0.05, 0.1) is 24.7 Å². The number of hydrogen-bond acceptors (Lipinski definition) is 2. The summed E-state index contributed by atoms with van der Waals surface area (Å²) in [5.41, 5.74) is 1.10. The predicted molar refractivity (Wildman–Crippen MR) is 87.2 cm³/mol. The van der Waals surface area contributed by atoms with E-state index in [1.165, 1.54) is 0 Å². The molecule has 4 aliphatic rings. The Kier molecular flexibility index (Phi) is 3.52. The fraction of sp³-hybridized carbons (Fsp3) is 0.650. The zero-order chi connectivity index (χ0) is 17.1. The van der Waals surface area contributed by atoms with E-state index in [9.17, 15) is 13.6 Å². The Balaban J connectivity index is 1.88. The van der Waals surface area contributed by atoms with Crippen molar-refractivity contribution in [3.63, 3.8) is 0 Å². The Labute approximate surface area is 141 Å². The maximum absolute atomic E-state index is 13.9. The number of cyclic esters (lactones) is 1. The van der Waals surface area contributed by atoms with Crippen molar-refractivity contribution in [3.8, 4) is 0 Å². The summed E-state index contributed by atoms with van der Waals surface area (Å²) in [6, 6.07) is 0. The highest BCUT2D eigenvalue weighted by Gasteiger charge is 2.62. The van der Waals surface area contributed by atoms with E-state index >= 15 is 0 Å². The maximum atomic E-state index is 13.9. The third-order valence-corrected chi connectivity index (χ3v) is 7.39. The van der Waals surface area contributed by atoms with E-state index in [0.29, 0.717) is 30.4 Å². The SMILES string of the molecule is C[C@]12CCCC=C1C(=CF)C(=CF)[C@@H]1[C@H]2CC[C@]2(C)C(=O)OC[C@@H]12. The van der Waals surface area contributed by atoms with Crippen molar-refractivity contribution in [1.29, 1.82) is 0 Å². The molecule has 0 aromatic rings. The van der Waals surface area contributed by atoms with Crippen LogP contribution in [0.5, 0.6) is 0 Å². The average molecular weight is 334 g/mol. The minimum Gasteiger partial charge on any atom is -0.465 e. The molecular weight excluding hydrogens is 310 g/mol. The van der Waals surface area contributed by atoms with Crippen LogP contribution in [0.25, 0.3) is 0 Å². The fourth-order valence-electron chi connectivity index (χ4n) is 5.99.